The number of fused-ring (bicyclic) bond motifs is 1. The number of allylic oxidation sites excluding steroid dienone is 1. The first-order valence-corrected chi connectivity index (χ1v) is 10.8. The van der Waals surface area contributed by atoms with Gasteiger partial charge in [0.2, 0.25) is 17.7 Å². The Morgan fingerprint density at radius 1 is 1.03 bits per heavy atom. The molecular formula is C23H29N3O3. The molecule has 1 atom stereocenters. The number of likely N-dealkylation sites (tertiary alicyclic amines) is 1. The molecule has 154 valence electrons. The first kappa shape index (κ1) is 19.7. The minimum atomic E-state index is -0.633. The maximum absolute atomic E-state index is 13.3. The number of hydrogen-bond acceptors (Lipinski definition) is 3. The van der Waals surface area contributed by atoms with Crippen molar-refractivity contribution in [3.63, 3.8) is 0 Å². The van der Waals surface area contributed by atoms with Gasteiger partial charge in [-0.1, -0.05) is 24.3 Å². The van der Waals surface area contributed by atoms with Crippen molar-refractivity contribution >= 4 is 23.4 Å². The quantitative estimate of drug-likeness (QED) is 0.753. The Hall–Kier alpha value is -2.63. The highest BCUT2D eigenvalue weighted by molar-refractivity contribution is 6.02. The third-order valence-corrected chi connectivity index (χ3v) is 6.40. The fourth-order valence-electron chi connectivity index (χ4n) is 4.88. The molecule has 2 fully saturated rings. The van der Waals surface area contributed by atoms with Gasteiger partial charge < -0.3 is 10.2 Å². The summed E-state index contributed by atoms with van der Waals surface area (Å²) in [5.74, 6) is 0.293. The van der Waals surface area contributed by atoms with E-state index in [1.54, 1.807) is 4.90 Å². The van der Waals surface area contributed by atoms with E-state index in [2.05, 4.69) is 11.4 Å². The Labute approximate surface area is 171 Å². The van der Waals surface area contributed by atoms with Crippen LogP contribution in [0.25, 0.3) is 0 Å². The average Bonchev–Trinajstić information content (AvgIpc) is 3.16. The van der Waals surface area contributed by atoms with Gasteiger partial charge in [0.15, 0.2) is 0 Å². The van der Waals surface area contributed by atoms with Crippen molar-refractivity contribution in [1.82, 2.24) is 10.2 Å². The van der Waals surface area contributed by atoms with Crippen LogP contribution in [0.5, 0.6) is 0 Å². The highest BCUT2D eigenvalue weighted by atomic mass is 16.2. The molecular weight excluding hydrogens is 366 g/mol. The van der Waals surface area contributed by atoms with Gasteiger partial charge in [0.1, 0.15) is 0 Å². The van der Waals surface area contributed by atoms with E-state index in [0.29, 0.717) is 32.4 Å². The molecule has 6 nitrogen and oxygen atoms in total. The van der Waals surface area contributed by atoms with Crippen LogP contribution < -0.4 is 10.2 Å². The number of carbonyl (C=O) groups is 3. The van der Waals surface area contributed by atoms with Crippen molar-refractivity contribution in [2.45, 2.75) is 51.4 Å². The number of nitrogens with one attached hydrogen (secondary N) is 1. The molecule has 0 spiro atoms. The Kier molecular flexibility index (Phi) is 5.69. The average molecular weight is 396 g/mol. The lowest BCUT2D eigenvalue weighted by atomic mass is 9.69. The Morgan fingerprint density at radius 3 is 2.62 bits per heavy atom. The standard InChI is InChI=1S/C23H29N3O3/c27-20-11-6-16-25(20)17-7-15-24-22(29)23-13-5-4-10-19(23)26(21(28)12-14-23)18-8-2-1-3-9-18/h1-3,8-10H,4-7,11-17H2,(H,24,29). The van der Waals surface area contributed by atoms with Crippen molar-refractivity contribution in [2.75, 3.05) is 24.5 Å². The number of anilines is 1. The van der Waals surface area contributed by atoms with Crippen molar-refractivity contribution < 1.29 is 14.4 Å². The predicted molar refractivity (Wildman–Crippen MR) is 111 cm³/mol. The molecule has 0 bridgehead atoms. The largest absolute Gasteiger partial charge is 0.355 e. The zero-order chi connectivity index (χ0) is 20.3. The summed E-state index contributed by atoms with van der Waals surface area (Å²) in [6.45, 7) is 2.08. The van der Waals surface area contributed by atoms with Crippen LogP contribution in [-0.4, -0.2) is 42.3 Å². The van der Waals surface area contributed by atoms with Gasteiger partial charge in [0.25, 0.3) is 0 Å². The van der Waals surface area contributed by atoms with Crippen molar-refractivity contribution in [2.24, 2.45) is 5.41 Å². The number of nitrogens with zero attached hydrogens (tertiary/aromatic N) is 2. The third kappa shape index (κ3) is 3.80. The lowest BCUT2D eigenvalue weighted by molar-refractivity contribution is -0.132. The molecule has 0 radical (unpaired) electrons. The van der Waals surface area contributed by atoms with Gasteiger partial charge in [-0.3, -0.25) is 19.3 Å². The summed E-state index contributed by atoms with van der Waals surface area (Å²) in [4.78, 5) is 41.5. The second-order valence-corrected chi connectivity index (χ2v) is 8.22. The number of piperidine rings is 1. The first-order chi connectivity index (χ1) is 14.1. The highest BCUT2D eigenvalue weighted by Gasteiger charge is 2.49. The molecule has 3 amide bonds. The Balaban J connectivity index is 1.46. The van der Waals surface area contributed by atoms with Gasteiger partial charge in [-0.2, -0.15) is 0 Å². The zero-order valence-corrected chi connectivity index (χ0v) is 16.9. The molecule has 0 saturated carbocycles. The van der Waals surface area contributed by atoms with Crippen LogP contribution >= 0.6 is 0 Å². The monoisotopic (exact) mass is 395 g/mol. The van der Waals surface area contributed by atoms with E-state index in [1.807, 2.05) is 35.2 Å². The highest BCUT2D eigenvalue weighted by Crippen LogP contribution is 2.48. The molecule has 1 aromatic carbocycles. The molecule has 2 heterocycles. The van der Waals surface area contributed by atoms with Crippen molar-refractivity contribution in [3.05, 3.63) is 42.1 Å². The molecule has 6 heteroatoms. The van der Waals surface area contributed by atoms with Crippen molar-refractivity contribution in [1.29, 1.82) is 0 Å². The van der Waals surface area contributed by atoms with Crippen LogP contribution in [0.2, 0.25) is 0 Å². The normalized spacial score (nSPS) is 24.3. The van der Waals surface area contributed by atoms with E-state index in [4.69, 9.17) is 0 Å². The molecule has 4 rings (SSSR count). The minimum absolute atomic E-state index is 0.0182. The molecule has 29 heavy (non-hydrogen) atoms. The van der Waals surface area contributed by atoms with E-state index in [9.17, 15) is 14.4 Å². The summed E-state index contributed by atoms with van der Waals surface area (Å²) in [5.41, 5.74) is 1.04. The van der Waals surface area contributed by atoms with Gasteiger partial charge in [0.05, 0.1) is 5.41 Å². The summed E-state index contributed by atoms with van der Waals surface area (Å²) < 4.78 is 0. The van der Waals surface area contributed by atoms with Gasteiger partial charge in [-0.25, -0.2) is 0 Å². The summed E-state index contributed by atoms with van der Waals surface area (Å²) in [6.07, 6.45) is 7.97. The van der Waals surface area contributed by atoms with E-state index in [1.165, 1.54) is 0 Å². The second-order valence-electron chi connectivity index (χ2n) is 8.22. The molecule has 3 aliphatic rings. The van der Waals surface area contributed by atoms with Gasteiger partial charge in [-0.05, 0) is 50.7 Å². The van der Waals surface area contributed by atoms with Gasteiger partial charge in [0, 0.05) is 43.9 Å². The molecule has 1 unspecified atom stereocenters. The SMILES string of the molecule is O=C1CCCN1CCCNC(=O)C12CCCC=C1N(c1ccccc1)C(=O)CC2. The van der Waals surface area contributed by atoms with Crippen LogP contribution in [0.15, 0.2) is 42.1 Å². The van der Waals surface area contributed by atoms with E-state index in [0.717, 1.165) is 50.0 Å². The molecule has 1 aliphatic carbocycles. The predicted octanol–water partition coefficient (Wildman–Crippen LogP) is 3.00. The molecule has 1 N–H and O–H groups in total. The van der Waals surface area contributed by atoms with Crippen LogP contribution in [-0.2, 0) is 14.4 Å². The summed E-state index contributed by atoms with van der Waals surface area (Å²) in [7, 11) is 0. The molecule has 1 aromatic rings. The molecule has 2 saturated heterocycles. The summed E-state index contributed by atoms with van der Waals surface area (Å²) >= 11 is 0. The van der Waals surface area contributed by atoms with E-state index >= 15 is 0 Å². The second kappa shape index (κ2) is 8.39. The number of benzene rings is 1. The van der Waals surface area contributed by atoms with E-state index < -0.39 is 5.41 Å². The van der Waals surface area contributed by atoms with E-state index in [-0.39, 0.29) is 17.7 Å². The van der Waals surface area contributed by atoms with Crippen LogP contribution in [0.4, 0.5) is 5.69 Å². The Morgan fingerprint density at radius 2 is 1.86 bits per heavy atom. The Bertz CT molecular complexity index is 820. The third-order valence-electron chi connectivity index (χ3n) is 6.40. The fourth-order valence-corrected chi connectivity index (χ4v) is 4.88. The van der Waals surface area contributed by atoms with Gasteiger partial charge in [-0.15, -0.1) is 0 Å². The number of hydrogen-bond donors (Lipinski definition) is 1. The number of carbonyl (C=O) groups excluding carboxylic acids is 3. The topological polar surface area (TPSA) is 69.7 Å². The van der Waals surface area contributed by atoms with Crippen molar-refractivity contribution in [3.8, 4) is 0 Å². The maximum Gasteiger partial charge on any atom is 0.232 e. The zero-order valence-electron chi connectivity index (χ0n) is 16.9. The number of amides is 3. The lowest BCUT2D eigenvalue weighted by Gasteiger charge is -2.46. The van der Waals surface area contributed by atoms with Crippen LogP contribution in [0.3, 0.4) is 0 Å². The lowest BCUT2D eigenvalue weighted by Crippen LogP contribution is -2.53. The maximum atomic E-state index is 13.3. The summed E-state index contributed by atoms with van der Waals surface area (Å²) in [6, 6.07) is 9.62. The minimum Gasteiger partial charge on any atom is -0.355 e. The van der Waals surface area contributed by atoms with Gasteiger partial charge >= 0.3 is 0 Å². The molecule has 2 aliphatic heterocycles. The molecule has 0 aromatic heterocycles. The van der Waals surface area contributed by atoms with Crippen LogP contribution in [0, 0.1) is 5.41 Å². The summed E-state index contributed by atoms with van der Waals surface area (Å²) in [5, 5.41) is 3.11. The smallest absolute Gasteiger partial charge is 0.232 e. The fraction of sp³-hybridized carbons (Fsp3) is 0.522. The number of para-hydroxylation sites is 1. The van der Waals surface area contributed by atoms with Crippen LogP contribution in [0.1, 0.15) is 51.4 Å². The first-order valence-electron chi connectivity index (χ1n) is 10.8. The number of rotatable bonds is 6.